The summed E-state index contributed by atoms with van der Waals surface area (Å²) in [6.07, 6.45) is 0. The molecule has 1 nitrogen and oxygen atoms in total. The predicted octanol–water partition coefficient (Wildman–Crippen LogP) is 11.8. The van der Waals surface area contributed by atoms with Crippen LogP contribution in [0.5, 0.6) is 11.5 Å². The summed E-state index contributed by atoms with van der Waals surface area (Å²) in [7, 11) is 0. The third kappa shape index (κ3) is 2.87. The highest BCUT2D eigenvalue weighted by Gasteiger charge is 2.50. The second-order valence-corrected chi connectivity index (χ2v) is 11.9. The molecule has 1 aliphatic heterocycles. The van der Waals surface area contributed by atoms with E-state index in [9.17, 15) is 6.85 Å². The van der Waals surface area contributed by atoms with Gasteiger partial charge in [-0.05, 0) is 95.5 Å². The molecule has 0 saturated heterocycles. The molecule has 8 aromatic carbocycles. The number of hydrogen-bond donors (Lipinski definition) is 0. The highest BCUT2D eigenvalue weighted by molar-refractivity contribution is 6.11. The van der Waals surface area contributed by atoms with Gasteiger partial charge in [0, 0.05) is 10.9 Å². The molecule has 0 aromatic heterocycles. The van der Waals surface area contributed by atoms with Crippen LogP contribution in [-0.2, 0) is 5.41 Å². The van der Waals surface area contributed by atoms with E-state index in [0.29, 0.717) is 44.3 Å². The molecule has 1 spiro atoms. The molecule has 1 unspecified atom stereocenters. The van der Waals surface area contributed by atoms with E-state index in [2.05, 4.69) is 0 Å². The number of ether oxygens (including phenoxy) is 1. The molecular weight excluding hydrogens is 556 g/mol. The van der Waals surface area contributed by atoms with Crippen LogP contribution in [0.1, 0.15) is 37.3 Å². The zero-order valence-electron chi connectivity index (χ0n) is 35.1. The molecule has 0 saturated carbocycles. The smallest absolute Gasteiger partial charge is 0.135 e. The van der Waals surface area contributed by atoms with E-state index in [4.69, 9.17) is 13.0 Å². The van der Waals surface area contributed by atoms with Crippen LogP contribution < -0.4 is 4.74 Å². The van der Waals surface area contributed by atoms with Gasteiger partial charge in [0.2, 0.25) is 0 Å². The van der Waals surface area contributed by atoms with Gasteiger partial charge in [0.15, 0.2) is 0 Å². The summed E-state index contributed by atoms with van der Waals surface area (Å²) in [6, 6.07) is 24.6. The first-order chi connectivity index (χ1) is 27.4. The van der Waals surface area contributed by atoms with Crippen molar-refractivity contribution in [2.75, 3.05) is 0 Å². The van der Waals surface area contributed by atoms with Gasteiger partial charge in [0.05, 0.1) is 20.5 Å². The number of rotatable bonds is 1. The van der Waals surface area contributed by atoms with E-state index in [0.717, 1.165) is 21.9 Å². The molecule has 11 rings (SSSR count). The number of hydrogen-bond acceptors (Lipinski definition) is 1. The van der Waals surface area contributed by atoms with Crippen molar-refractivity contribution in [3.63, 3.8) is 0 Å². The molecule has 8 aromatic rings. The average molecular weight is 594 g/mol. The minimum absolute atomic E-state index is 0.00661. The van der Waals surface area contributed by atoms with E-state index in [-0.39, 0.29) is 75.9 Å². The summed E-state index contributed by atoms with van der Waals surface area (Å²) in [4.78, 5) is 0. The van der Waals surface area contributed by atoms with E-state index < -0.39 is 29.6 Å². The largest absolute Gasteiger partial charge is 0.456 e. The molecule has 0 fully saturated rings. The lowest BCUT2D eigenvalue weighted by molar-refractivity contribution is 0.487. The summed E-state index contributed by atoms with van der Waals surface area (Å²) < 4.78 is 107. The minimum Gasteiger partial charge on any atom is -0.456 e. The van der Waals surface area contributed by atoms with Gasteiger partial charge in [-0.25, -0.2) is 0 Å². The van der Waals surface area contributed by atoms with Crippen molar-refractivity contribution >= 4 is 21.5 Å². The van der Waals surface area contributed by atoms with Crippen molar-refractivity contribution in [2.45, 2.75) is 5.41 Å². The van der Waals surface area contributed by atoms with Crippen LogP contribution in [0.3, 0.4) is 0 Å². The van der Waals surface area contributed by atoms with Gasteiger partial charge in [-0.1, -0.05) is 139 Å². The van der Waals surface area contributed by atoms with Crippen LogP contribution in [0, 0.1) is 0 Å². The molecule has 1 atom stereocenters. The fourth-order valence-electron chi connectivity index (χ4n) is 8.09. The van der Waals surface area contributed by atoms with Crippen molar-refractivity contribution in [1.29, 1.82) is 0 Å². The SMILES string of the molecule is [2H]c1c([2H])c([2H])c2c(c1[2H])Oc1ccc(-c3c([2H])c([2H])c4c(c3[2H])C3(c5ccccc5-c5cccc6cccc3c56)c3c([2H])c([2H])c([2H])c([2H])c3-4)c3cccc-2c13. The molecule has 212 valence electrons. The Hall–Kier alpha value is -5.92. The van der Waals surface area contributed by atoms with Gasteiger partial charge in [0.25, 0.3) is 0 Å². The molecule has 1 heteroatoms. The lowest BCUT2D eigenvalue weighted by atomic mass is 9.61. The third-order valence-electron chi connectivity index (χ3n) is 9.84. The summed E-state index contributed by atoms with van der Waals surface area (Å²) in [5.41, 5.74) is 3.71. The van der Waals surface area contributed by atoms with Crippen molar-refractivity contribution < 1.29 is 19.8 Å². The Morgan fingerprint density at radius 2 is 1.15 bits per heavy atom. The van der Waals surface area contributed by atoms with E-state index in [1.807, 2.05) is 60.7 Å². The Balaban J connectivity index is 1.32. The monoisotopic (exact) mass is 593 g/mol. The topological polar surface area (TPSA) is 9.23 Å². The average Bonchev–Trinajstić information content (AvgIpc) is 3.55. The molecule has 0 amide bonds. The first-order valence-electron chi connectivity index (χ1n) is 20.6. The van der Waals surface area contributed by atoms with E-state index >= 15 is 0 Å². The Morgan fingerprint density at radius 1 is 0.435 bits per heavy atom. The van der Waals surface area contributed by atoms with Crippen LogP contribution in [0.25, 0.3) is 66.1 Å². The minimum atomic E-state index is -1.49. The quantitative estimate of drug-likeness (QED) is 0.184. The zero-order valence-corrected chi connectivity index (χ0v) is 24.1. The van der Waals surface area contributed by atoms with Crippen molar-refractivity contribution in [3.05, 3.63) is 180 Å². The second kappa shape index (κ2) is 8.62. The second-order valence-electron chi connectivity index (χ2n) is 11.9. The maximum absolute atomic E-state index is 10.3. The lowest BCUT2D eigenvalue weighted by Gasteiger charge is -2.40. The highest BCUT2D eigenvalue weighted by Crippen LogP contribution is 2.62. The summed E-state index contributed by atoms with van der Waals surface area (Å²) >= 11 is 0. The number of benzene rings is 8. The summed E-state index contributed by atoms with van der Waals surface area (Å²) in [6.45, 7) is 0. The Morgan fingerprint density at radius 3 is 2.09 bits per heavy atom. The van der Waals surface area contributed by atoms with Crippen LogP contribution in [0.4, 0.5) is 0 Å². The van der Waals surface area contributed by atoms with Crippen LogP contribution in [0.2, 0.25) is 0 Å². The molecular formula is C45H26O. The standard InChI is InChI=1S/C45H26O/c1-4-18-37-30(12-1)32-23-22-28(29-24-25-42-44-34(29)16-9-17-36(44)33-14-3-6-21-41(33)46-42)26-40(32)45(37)38-19-5-2-13-31(38)35-15-7-10-27-11-8-20-39(45)43(27)35/h1-26H/i1D,3D,4D,6D,12D,14D,18D,21D,22D,23D,26D. The van der Waals surface area contributed by atoms with Crippen LogP contribution in [0.15, 0.2) is 157 Å². The Labute approximate surface area is 282 Å². The van der Waals surface area contributed by atoms with Crippen molar-refractivity contribution in [2.24, 2.45) is 0 Å². The van der Waals surface area contributed by atoms with Gasteiger partial charge in [0.1, 0.15) is 11.5 Å². The van der Waals surface area contributed by atoms with E-state index in [1.165, 1.54) is 0 Å². The van der Waals surface area contributed by atoms with Crippen LogP contribution >= 0.6 is 0 Å². The Bertz CT molecular complexity index is 3240. The summed E-state index contributed by atoms with van der Waals surface area (Å²) in [5, 5.41) is 2.84. The number of para-hydroxylation sites is 1. The molecule has 3 aliphatic rings. The maximum atomic E-state index is 10.3. The first kappa shape index (κ1) is 16.4. The van der Waals surface area contributed by atoms with Gasteiger partial charge in [-0.3, -0.25) is 0 Å². The van der Waals surface area contributed by atoms with E-state index in [1.54, 1.807) is 30.3 Å². The molecule has 46 heavy (non-hydrogen) atoms. The first-order valence-corrected chi connectivity index (χ1v) is 15.1. The molecule has 0 radical (unpaired) electrons. The fourth-order valence-corrected chi connectivity index (χ4v) is 8.09. The van der Waals surface area contributed by atoms with Crippen molar-refractivity contribution in [3.8, 4) is 56.0 Å². The highest BCUT2D eigenvalue weighted by atomic mass is 16.5. The summed E-state index contributed by atoms with van der Waals surface area (Å²) in [5.74, 6) is 0.344. The van der Waals surface area contributed by atoms with Gasteiger partial charge in [-0.15, -0.1) is 0 Å². The Kier molecular flexibility index (Phi) is 3.07. The predicted molar refractivity (Wildman–Crippen MR) is 189 cm³/mol. The third-order valence-corrected chi connectivity index (χ3v) is 9.84. The lowest BCUT2D eigenvalue weighted by Crippen LogP contribution is -2.31. The zero-order chi connectivity index (χ0) is 39.6. The van der Waals surface area contributed by atoms with Crippen LogP contribution in [-0.4, -0.2) is 0 Å². The fraction of sp³-hybridized carbons (Fsp3) is 0.0222. The normalized spacial score (nSPS) is 19.4. The van der Waals surface area contributed by atoms with Crippen molar-refractivity contribution in [1.82, 2.24) is 0 Å². The van der Waals surface area contributed by atoms with Gasteiger partial charge in [-0.2, -0.15) is 0 Å². The number of fused-ring (bicyclic) bond motifs is 11. The van der Waals surface area contributed by atoms with Gasteiger partial charge >= 0.3 is 0 Å². The maximum Gasteiger partial charge on any atom is 0.135 e. The molecule has 1 heterocycles. The molecule has 2 aliphatic carbocycles. The molecule has 0 bridgehead atoms. The van der Waals surface area contributed by atoms with Gasteiger partial charge < -0.3 is 4.74 Å². The molecule has 0 N–H and O–H groups in total.